The first kappa shape index (κ1) is 14.1. The number of hydrogen-bond donors (Lipinski definition) is 1. The number of benzene rings is 1. The van der Waals surface area contributed by atoms with Gasteiger partial charge in [-0.05, 0) is 37.0 Å². The molecule has 0 saturated carbocycles. The molecule has 2 nitrogen and oxygen atoms in total. The third kappa shape index (κ3) is 4.93. The van der Waals surface area contributed by atoms with E-state index in [2.05, 4.69) is 13.8 Å². The Labute approximate surface area is 98.2 Å². The number of anilines is 1. The van der Waals surface area contributed by atoms with Crippen molar-refractivity contribution in [2.75, 3.05) is 12.3 Å². The number of halogens is 1. The number of nitrogens with two attached hydrogens (primary N) is 1. The summed E-state index contributed by atoms with van der Waals surface area (Å²) < 4.78 is 5.60. The first-order valence-corrected chi connectivity index (χ1v) is 5.08. The normalized spacial score (nSPS) is 9.87. The highest BCUT2D eigenvalue weighted by Crippen LogP contribution is 2.22. The van der Waals surface area contributed by atoms with Gasteiger partial charge in [-0.2, -0.15) is 0 Å². The van der Waals surface area contributed by atoms with Crippen molar-refractivity contribution in [3.05, 3.63) is 23.8 Å². The van der Waals surface area contributed by atoms with Gasteiger partial charge in [-0.1, -0.05) is 19.9 Å². The van der Waals surface area contributed by atoms with Gasteiger partial charge >= 0.3 is 0 Å². The number of rotatable bonds is 4. The van der Waals surface area contributed by atoms with Gasteiger partial charge in [0.05, 0.1) is 12.3 Å². The van der Waals surface area contributed by atoms with E-state index in [0.29, 0.717) is 5.92 Å². The number of aryl methyl sites for hydroxylation is 1. The molecule has 2 N–H and O–H groups in total. The fourth-order valence-corrected chi connectivity index (χ4v) is 1.17. The standard InChI is InChI=1S/C12H19NO.ClH/c1-9(2)6-7-14-12-8-10(3)4-5-11(12)13;/h4-5,8-9H,6-7,13H2,1-3H3;1H. The molecule has 0 amide bonds. The van der Waals surface area contributed by atoms with Gasteiger partial charge in [0.2, 0.25) is 0 Å². The van der Waals surface area contributed by atoms with E-state index in [9.17, 15) is 0 Å². The Hall–Kier alpha value is -0.890. The molecule has 0 radical (unpaired) electrons. The van der Waals surface area contributed by atoms with E-state index in [1.807, 2.05) is 25.1 Å². The predicted molar refractivity (Wildman–Crippen MR) is 67.8 cm³/mol. The molecule has 1 aromatic carbocycles. The first-order chi connectivity index (χ1) is 6.59. The zero-order chi connectivity index (χ0) is 10.6. The zero-order valence-electron chi connectivity index (χ0n) is 9.62. The Morgan fingerprint density at radius 1 is 1.33 bits per heavy atom. The smallest absolute Gasteiger partial charge is 0.142 e. The summed E-state index contributed by atoms with van der Waals surface area (Å²) in [7, 11) is 0. The van der Waals surface area contributed by atoms with Crippen molar-refractivity contribution in [3.8, 4) is 5.75 Å². The topological polar surface area (TPSA) is 35.2 Å². The van der Waals surface area contributed by atoms with Gasteiger partial charge in [0.15, 0.2) is 0 Å². The quantitative estimate of drug-likeness (QED) is 0.803. The summed E-state index contributed by atoms with van der Waals surface area (Å²) in [5, 5.41) is 0. The molecule has 0 unspecified atom stereocenters. The van der Waals surface area contributed by atoms with Gasteiger partial charge in [-0.15, -0.1) is 12.4 Å². The summed E-state index contributed by atoms with van der Waals surface area (Å²) in [6, 6.07) is 5.86. The van der Waals surface area contributed by atoms with Crippen LogP contribution in [0.1, 0.15) is 25.8 Å². The average Bonchev–Trinajstić information content (AvgIpc) is 2.10. The van der Waals surface area contributed by atoms with Crippen molar-refractivity contribution in [3.63, 3.8) is 0 Å². The van der Waals surface area contributed by atoms with Gasteiger partial charge in [-0.25, -0.2) is 0 Å². The number of hydrogen-bond acceptors (Lipinski definition) is 2. The maximum absolute atomic E-state index is 5.78. The molecule has 1 rings (SSSR count). The van der Waals surface area contributed by atoms with Crippen molar-refractivity contribution in [1.82, 2.24) is 0 Å². The first-order valence-electron chi connectivity index (χ1n) is 5.08. The number of ether oxygens (including phenoxy) is 1. The second-order valence-corrected chi connectivity index (χ2v) is 4.07. The van der Waals surface area contributed by atoms with Gasteiger partial charge in [-0.3, -0.25) is 0 Å². The van der Waals surface area contributed by atoms with Crippen LogP contribution in [0, 0.1) is 12.8 Å². The van der Waals surface area contributed by atoms with Crippen LogP contribution in [0.4, 0.5) is 5.69 Å². The predicted octanol–water partition coefficient (Wildman–Crippen LogP) is 3.42. The third-order valence-electron chi connectivity index (χ3n) is 2.12. The molecule has 0 aliphatic carbocycles. The van der Waals surface area contributed by atoms with E-state index in [1.165, 1.54) is 5.56 Å². The van der Waals surface area contributed by atoms with Crippen LogP contribution in [0.3, 0.4) is 0 Å². The lowest BCUT2D eigenvalue weighted by atomic mass is 10.1. The van der Waals surface area contributed by atoms with Crippen molar-refractivity contribution in [2.45, 2.75) is 27.2 Å². The van der Waals surface area contributed by atoms with E-state index in [4.69, 9.17) is 10.5 Å². The minimum atomic E-state index is 0. The zero-order valence-corrected chi connectivity index (χ0v) is 10.4. The van der Waals surface area contributed by atoms with Crippen LogP contribution in [-0.4, -0.2) is 6.61 Å². The molecule has 0 bridgehead atoms. The third-order valence-corrected chi connectivity index (χ3v) is 2.12. The lowest BCUT2D eigenvalue weighted by Crippen LogP contribution is -2.03. The molecule has 1 aromatic rings. The summed E-state index contributed by atoms with van der Waals surface area (Å²) in [6.45, 7) is 7.14. The van der Waals surface area contributed by atoms with Crippen molar-refractivity contribution >= 4 is 18.1 Å². The van der Waals surface area contributed by atoms with Crippen LogP contribution in [0.15, 0.2) is 18.2 Å². The molecular formula is C12H20ClNO. The van der Waals surface area contributed by atoms with Crippen LogP contribution >= 0.6 is 12.4 Å². The van der Waals surface area contributed by atoms with E-state index < -0.39 is 0 Å². The Morgan fingerprint density at radius 2 is 2.00 bits per heavy atom. The fourth-order valence-electron chi connectivity index (χ4n) is 1.17. The SMILES string of the molecule is Cc1ccc(N)c(OCCC(C)C)c1.Cl. The molecule has 0 heterocycles. The minimum Gasteiger partial charge on any atom is -0.491 e. The highest BCUT2D eigenvalue weighted by molar-refractivity contribution is 5.85. The molecule has 0 aliphatic heterocycles. The van der Waals surface area contributed by atoms with Gasteiger partial charge in [0.1, 0.15) is 5.75 Å². The molecule has 0 aliphatic rings. The molecule has 0 saturated heterocycles. The van der Waals surface area contributed by atoms with Crippen molar-refractivity contribution < 1.29 is 4.74 Å². The molecule has 0 aromatic heterocycles. The van der Waals surface area contributed by atoms with Crippen LogP contribution in [-0.2, 0) is 0 Å². The van der Waals surface area contributed by atoms with Gasteiger partial charge < -0.3 is 10.5 Å². The van der Waals surface area contributed by atoms with E-state index in [0.717, 1.165) is 24.5 Å². The fraction of sp³-hybridized carbons (Fsp3) is 0.500. The molecule has 0 fully saturated rings. The minimum absolute atomic E-state index is 0. The highest BCUT2D eigenvalue weighted by atomic mass is 35.5. The maximum Gasteiger partial charge on any atom is 0.142 e. The summed E-state index contributed by atoms with van der Waals surface area (Å²) in [6.07, 6.45) is 1.06. The van der Waals surface area contributed by atoms with E-state index in [-0.39, 0.29) is 12.4 Å². The van der Waals surface area contributed by atoms with Gasteiger partial charge in [0.25, 0.3) is 0 Å². The number of nitrogen functional groups attached to an aromatic ring is 1. The molecule has 0 atom stereocenters. The Bertz CT molecular complexity index is 300. The molecular weight excluding hydrogens is 210 g/mol. The second-order valence-electron chi connectivity index (χ2n) is 4.07. The molecule has 86 valence electrons. The monoisotopic (exact) mass is 229 g/mol. The molecule has 0 spiro atoms. The lowest BCUT2D eigenvalue weighted by Gasteiger charge is -2.10. The summed E-state index contributed by atoms with van der Waals surface area (Å²) in [4.78, 5) is 0. The maximum atomic E-state index is 5.78. The Morgan fingerprint density at radius 3 is 2.60 bits per heavy atom. The largest absolute Gasteiger partial charge is 0.491 e. The molecule has 15 heavy (non-hydrogen) atoms. The van der Waals surface area contributed by atoms with Crippen LogP contribution < -0.4 is 10.5 Å². The lowest BCUT2D eigenvalue weighted by molar-refractivity contribution is 0.291. The van der Waals surface area contributed by atoms with Crippen LogP contribution in [0.5, 0.6) is 5.75 Å². The van der Waals surface area contributed by atoms with Crippen LogP contribution in [0.2, 0.25) is 0 Å². The Balaban J connectivity index is 0.00000196. The second kappa shape index (κ2) is 6.57. The van der Waals surface area contributed by atoms with Crippen molar-refractivity contribution in [1.29, 1.82) is 0 Å². The van der Waals surface area contributed by atoms with Crippen molar-refractivity contribution in [2.24, 2.45) is 5.92 Å². The average molecular weight is 230 g/mol. The summed E-state index contributed by atoms with van der Waals surface area (Å²) in [5.74, 6) is 1.48. The van der Waals surface area contributed by atoms with Crippen LogP contribution in [0.25, 0.3) is 0 Å². The van der Waals surface area contributed by atoms with Gasteiger partial charge in [0, 0.05) is 0 Å². The highest BCUT2D eigenvalue weighted by Gasteiger charge is 2.01. The Kier molecular flexibility index (Phi) is 6.18. The van der Waals surface area contributed by atoms with E-state index >= 15 is 0 Å². The molecule has 3 heteroatoms. The summed E-state index contributed by atoms with van der Waals surface area (Å²) >= 11 is 0. The van der Waals surface area contributed by atoms with E-state index in [1.54, 1.807) is 0 Å². The summed E-state index contributed by atoms with van der Waals surface area (Å²) in [5.41, 5.74) is 7.68.